The summed E-state index contributed by atoms with van der Waals surface area (Å²) in [6.45, 7) is 0. The van der Waals surface area contributed by atoms with E-state index >= 15 is 0 Å². The monoisotopic (exact) mass is 436 g/mol. The second-order valence-electron chi connectivity index (χ2n) is 0. The third-order valence-electron chi connectivity index (χ3n) is 0. The van der Waals surface area contributed by atoms with Gasteiger partial charge in [0.1, 0.15) is 0 Å². The van der Waals surface area contributed by atoms with Gasteiger partial charge < -0.3 is 0 Å². The Hall–Kier alpha value is 3.06. The van der Waals surface area contributed by atoms with Crippen LogP contribution in [0.15, 0.2) is 0 Å². The number of rotatable bonds is 0. The molecule has 48 valence electrons. The molecule has 0 aliphatic carbocycles. The molecule has 0 saturated heterocycles. The summed E-state index contributed by atoms with van der Waals surface area (Å²) in [4.78, 5) is 0. The molecular formula is H18AsGePSeSiTe. The fraction of sp³-hybridized carbons (Fsp3) is 0. The van der Waals surface area contributed by atoms with Gasteiger partial charge in [0.15, 0.2) is 0 Å². The normalized spacial score (nSPS) is 0. The first kappa shape index (κ1) is 62.9. The van der Waals surface area contributed by atoms with Gasteiger partial charge in [0, 0.05) is 0 Å². The minimum absolute atomic E-state index is 0. The van der Waals surface area contributed by atoms with Crippen molar-refractivity contribution in [3.8, 4) is 0 Å². The molecule has 0 radical (unpaired) electrons. The molecule has 0 aromatic heterocycles. The van der Waals surface area contributed by atoms with E-state index in [1.165, 1.54) is 0 Å². The van der Waals surface area contributed by atoms with Crippen LogP contribution >= 0.6 is 9.90 Å². The van der Waals surface area contributed by atoms with Crippen LogP contribution in [0.5, 0.6) is 0 Å². The van der Waals surface area contributed by atoms with Crippen molar-refractivity contribution in [3.05, 3.63) is 0 Å². The standard InChI is InChI=1S/AsH3.GeH4.H3P.H2Se.H4Si.H2Te/h1H3;1H4;1H3;1H2;1H4;1H2. The topological polar surface area (TPSA) is 0 Å². The molecule has 0 rings (SSSR count). The fourth-order valence-electron chi connectivity index (χ4n) is 0. The molecule has 0 fully saturated rings. The number of hydrogen-bond donors (Lipinski definition) is 0. The second kappa shape index (κ2) is 42.9. The first-order chi connectivity index (χ1) is 0. The zero-order valence-corrected chi connectivity index (χ0v) is 11.7. The van der Waals surface area contributed by atoms with E-state index in [0.29, 0.717) is 0 Å². The Morgan fingerprint density at radius 2 is 1.00 bits per heavy atom. The number of hydrogen-bond acceptors (Lipinski definition) is 0. The molecule has 0 aliphatic rings. The quantitative estimate of drug-likeness (QED) is 0.265. The Labute approximate surface area is 95.9 Å². The Morgan fingerprint density at radius 3 is 1.00 bits per heavy atom. The average molecular weight is 431 g/mol. The maximum absolute atomic E-state index is 0. The van der Waals surface area contributed by atoms with Crippen molar-refractivity contribution in [1.29, 1.82) is 0 Å². The molecule has 0 N–H and O–H groups in total. The zero-order chi connectivity index (χ0) is 0. The molecule has 0 spiro atoms. The van der Waals surface area contributed by atoms with Gasteiger partial charge in [0.25, 0.3) is 0 Å². The molecule has 0 nitrogen and oxygen atoms in total. The summed E-state index contributed by atoms with van der Waals surface area (Å²) in [5, 5.41) is 0. The first-order valence-electron chi connectivity index (χ1n) is 0. The molecule has 0 bridgehead atoms. The summed E-state index contributed by atoms with van der Waals surface area (Å²) in [5.41, 5.74) is 0. The van der Waals surface area contributed by atoms with Crippen LogP contribution in [0.3, 0.4) is 0 Å². The van der Waals surface area contributed by atoms with Crippen LogP contribution in [0.2, 0.25) is 0 Å². The van der Waals surface area contributed by atoms with Crippen LogP contribution in [-0.4, -0.2) is 87.3 Å². The Kier molecular flexibility index (Phi) is 450. The van der Waals surface area contributed by atoms with Crippen LogP contribution in [0.25, 0.3) is 0 Å². The van der Waals surface area contributed by atoms with Crippen LogP contribution in [0.4, 0.5) is 0 Å². The molecule has 0 aliphatic heterocycles. The van der Waals surface area contributed by atoms with E-state index in [1.807, 2.05) is 0 Å². The van der Waals surface area contributed by atoms with Crippen LogP contribution in [0.1, 0.15) is 0 Å². The van der Waals surface area contributed by atoms with E-state index in [4.69, 9.17) is 0 Å². The van der Waals surface area contributed by atoms with Crippen LogP contribution in [-0.2, 0) is 0 Å². The van der Waals surface area contributed by atoms with Crippen molar-refractivity contribution in [3.63, 3.8) is 0 Å². The average Bonchev–Trinajstić information content (AvgIpc) is 0. The van der Waals surface area contributed by atoms with E-state index in [-0.39, 0.29) is 97.1 Å². The van der Waals surface area contributed by atoms with Crippen molar-refractivity contribution < 1.29 is 0 Å². The predicted molar refractivity (Wildman–Crippen MR) is 60.8 cm³/mol. The van der Waals surface area contributed by atoms with Crippen molar-refractivity contribution in [2.75, 3.05) is 0 Å². The third kappa shape index (κ3) is 27.7. The third-order valence-corrected chi connectivity index (χ3v) is 0. The van der Waals surface area contributed by atoms with Crippen molar-refractivity contribution in [2.45, 2.75) is 0 Å². The summed E-state index contributed by atoms with van der Waals surface area (Å²) in [6.07, 6.45) is 0. The maximum atomic E-state index is 0. The first-order valence-corrected chi connectivity index (χ1v) is 0. The molecule has 0 saturated carbocycles. The van der Waals surface area contributed by atoms with Gasteiger partial charge in [0.2, 0.25) is 0 Å². The molecular weight excluding hydrogens is 413 g/mol. The summed E-state index contributed by atoms with van der Waals surface area (Å²) in [6, 6.07) is 0. The molecule has 0 aromatic carbocycles. The van der Waals surface area contributed by atoms with Gasteiger partial charge in [0.05, 0.1) is 0 Å². The summed E-state index contributed by atoms with van der Waals surface area (Å²) in [5.74, 6) is 0. The van der Waals surface area contributed by atoms with Crippen molar-refractivity contribution in [1.82, 2.24) is 0 Å². The van der Waals surface area contributed by atoms with E-state index in [0.717, 1.165) is 0 Å². The second-order valence-corrected chi connectivity index (χ2v) is 0. The zero-order valence-electron chi connectivity index (χ0n) is 2.41. The van der Waals surface area contributed by atoms with Gasteiger partial charge in [-0.2, -0.15) is 9.90 Å². The molecule has 6 heteroatoms. The van der Waals surface area contributed by atoms with Crippen LogP contribution in [0, 0.1) is 0 Å². The van der Waals surface area contributed by atoms with Gasteiger partial charge >= 0.3 is 76.3 Å². The SMILES string of the molecule is P.[AsH3].[GeH4].[SeH2].[SiH4].[TeH2]. The molecule has 2 unspecified atom stereocenters. The van der Waals surface area contributed by atoms with E-state index in [1.54, 1.807) is 0 Å². The van der Waals surface area contributed by atoms with E-state index in [2.05, 4.69) is 0 Å². The van der Waals surface area contributed by atoms with Gasteiger partial charge in [-0.3, -0.25) is 0 Å². The Bertz CT molecular complexity index is 15.5. The van der Waals surface area contributed by atoms with Gasteiger partial charge in [-0.1, -0.05) is 0 Å². The predicted octanol–water partition coefficient (Wildman–Crippen LogP) is -5.86. The molecule has 2 atom stereocenters. The minimum atomic E-state index is 0. The van der Waals surface area contributed by atoms with Crippen molar-refractivity contribution in [2.24, 2.45) is 0 Å². The van der Waals surface area contributed by atoms with Gasteiger partial charge in [-0.05, 0) is 11.0 Å². The van der Waals surface area contributed by atoms with Gasteiger partial charge in [-0.25, -0.2) is 0 Å². The van der Waals surface area contributed by atoms with Gasteiger partial charge in [-0.15, -0.1) is 0 Å². The summed E-state index contributed by atoms with van der Waals surface area (Å²) in [7, 11) is 0. The Morgan fingerprint density at radius 1 is 1.00 bits per heavy atom. The summed E-state index contributed by atoms with van der Waals surface area (Å²) < 4.78 is 0. The Balaban J connectivity index is 0. The van der Waals surface area contributed by atoms with Crippen LogP contribution < -0.4 is 0 Å². The molecule has 0 aromatic rings. The fourth-order valence-corrected chi connectivity index (χ4v) is 0. The molecule has 0 heterocycles. The molecule has 6 heavy (non-hydrogen) atoms. The molecule has 0 amide bonds. The van der Waals surface area contributed by atoms with Crippen molar-refractivity contribution >= 4 is 97.1 Å². The van der Waals surface area contributed by atoms with E-state index in [9.17, 15) is 0 Å². The van der Waals surface area contributed by atoms with E-state index < -0.39 is 0 Å². The summed E-state index contributed by atoms with van der Waals surface area (Å²) >= 11 is 0.